The molecule has 3 nitrogen and oxygen atoms in total. The van der Waals surface area contributed by atoms with E-state index >= 15 is 0 Å². The maximum atomic E-state index is 10.2. The van der Waals surface area contributed by atoms with Crippen molar-refractivity contribution in [2.24, 2.45) is 0 Å². The van der Waals surface area contributed by atoms with Crippen LogP contribution in [0.3, 0.4) is 0 Å². The van der Waals surface area contributed by atoms with Crippen molar-refractivity contribution in [3.8, 4) is 6.07 Å². The maximum absolute atomic E-state index is 10.2. The van der Waals surface area contributed by atoms with Crippen molar-refractivity contribution < 1.29 is 9.53 Å². The molecule has 2 aromatic rings. The third-order valence-corrected chi connectivity index (χ3v) is 2.93. The Kier molecular flexibility index (Phi) is 17.2. The van der Waals surface area contributed by atoms with E-state index in [9.17, 15) is 4.79 Å². The number of allylic oxidation sites excluding steroid dienone is 2. The van der Waals surface area contributed by atoms with Crippen molar-refractivity contribution in [2.75, 3.05) is 7.11 Å². The van der Waals surface area contributed by atoms with E-state index in [-0.39, 0.29) is 5.97 Å². The molecule has 0 heterocycles. The van der Waals surface area contributed by atoms with E-state index < -0.39 is 0 Å². The third kappa shape index (κ3) is 15.9. The summed E-state index contributed by atoms with van der Waals surface area (Å²) in [6, 6.07) is 21.9. The lowest BCUT2D eigenvalue weighted by atomic mass is 10.1. The molecule has 0 aromatic heterocycles. The van der Waals surface area contributed by atoms with Gasteiger partial charge >= 0.3 is 5.97 Å². The highest BCUT2D eigenvalue weighted by molar-refractivity contribution is 5.86. The van der Waals surface area contributed by atoms with E-state index in [0.29, 0.717) is 5.57 Å². The van der Waals surface area contributed by atoms with Gasteiger partial charge < -0.3 is 4.74 Å². The molecule has 0 aliphatic carbocycles. The van der Waals surface area contributed by atoms with E-state index in [4.69, 9.17) is 5.26 Å². The van der Waals surface area contributed by atoms with Crippen LogP contribution in [0, 0.1) is 11.3 Å². The molecule has 0 unspecified atom stereocenters. The summed E-state index contributed by atoms with van der Waals surface area (Å²) in [5.41, 5.74) is 3.95. The van der Waals surface area contributed by atoms with Gasteiger partial charge in [0.25, 0.3) is 0 Å². The van der Waals surface area contributed by atoms with Gasteiger partial charge in [-0.2, -0.15) is 5.26 Å². The van der Waals surface area contributed by atoms with Crippen molar-refractivity contribution in [3.63, 3.8) is 0 Å². The molecule has 0 saturated carbocycles. The average Bonchev–Trinajstić information content (AvgIpc) is 2.75. The zero-order chi connectivity index (χ0) is 21.8. The van der Waals surface area contributed by atoms with Gasteiger partial charge in [0.2, 0.25) is 0 Å². The zero-order valence-electron chi connectivity index (χ0n) is 17.0. The third-order valence-electron chi connectivity index (χ3n) is 2.93. The number of carbonyl (C=O) groups is 1. The number of methoxy groups -OCH3 is 1. The minimum atomic E-state index is -0.347. The maximum Gasteiger partial charge on any atom is 0.332 e. The second-order valence-corrected chi connectivity index (χ2v) is 5.37. The Labute approximate surface area is 169 Å². The van der Waals surface area contributed by atoms with Crippen LogP contribution in [0.5, 0.6) is 0 Å². The van der Waals surface area contributed by atoms with Gasteiger partial charge in [0.15, 0.2) is 0 Å². The fourth-order valence-electron chi connectivity index (χ4n) is 1.49. The SMILES string of the molecule is C=C(C)C(=O)OC.C=C(C)c1ccccc1.C=CC#N.C=Cc1ccccc1. The Hall–Kier alpha value is -3.64. The van der Waals surface area contributed by atoms with Gasteiger partial charge in [-0.25, -0.2) is 4.79 Å². The molecule has 3 heteroatoms. The molecule has 0 aliphatic rings. The molecule has 146 valence electrons. The standard InChI is InChI=1S/C9H10.C8H8.C5H8O2.C3H3N/c1-8(2)9-6-4-3-5-7-9;1-2-8-6-4-3-5-7-8;1-4(2)5(6)7-3;1-2-3-4/h3-7H,1H2,2H3;2-7H,1H2;1H2,2-3H3;2H,1H2. The summed E-state index contributed by atoms with van der Waals surface area (Å²) >= 11 is 0. The highest BCUT2D eigenvalue weighted by Gasteiger charge is 1.95. The summed E-state index contributed by atoms with van der Waals surface area (Å²) in [5, 5.41) is 7.51. The summed E-state index contributed by atoms with van der Waals surface area (Å²) in [6.45, 7) is 17.5. The van der Waals surface area contributed by atoms with Crippen LogP contribution >= 0.6 is 0 Å². The second kappa shape index (κ2) is 18.2. The fraction of sp³-hybridized carbons (Fsp3) is 0.120. The average molecular weight is 376 g/mol. The predicted octanol–water partition coefficient (Wildman–Crippen LogP) is 6.48. The minimum absolute atomic E-state index is 0.347. The van der Waals surface area contributed by atoms with Crippen LogP contribution in [0.25, 0.3) is 11.6 Å². The van der Waals surface area contributed by atoms with Crippen LogP contribution in [0.1, 0.15) is 25.0 Å². The van der Waals surface area contributed by atoms with Gasteiger partial charge in [0.1, 0.15) is 0 Å². The molecular weight excluding hydrogens is 346 g/mol. The number of nitrogens with zero attached hydrogens (tertiary/aromatic N) is 1. The van der Waals surface area contributed by atoms with E-state index in [1.54, 1.807) is 13.0 Å². The highest BCUT2D eigenvalue weighted by atomic mass is 16.5. The molecule has 0 aliphatic heterocycles. The summed E-state index contributed by atoms with van der Waals surface area (Å²) in [5.74, 6) is -0.347. The largest absolute Gasteiger partial charge is 0.466 e. The van der Waals surface area contributed by atoms with Crippen molar-refractivity contribution in [1.29, 1.82) is 5.26 Å². The van der Waals surface area contributed by atoms with E-state index in [1.165, 1.54) is 24.3 Å². The number of benzene rings is 2. The first-order valence-corrected chi connectivity index (χ1v) is 8.46. The van der Waals surface area contributed by atoms with Crippen LogP contribution in [-0.2, 0) is 9.53 Å². The minimum Gasteiger partial charge on any atom is -0.466 e. The summed E-state index contributed by atoms with van der Waals surface area (Å²) in [7, 11) is 1.33. The molecule has 2 rings (SSSR count). The quantitative estimate of drug-likeness (QED) is 0.350. The van der Waals surface area contributed by atoms with Crippen molar-refractivity contribution in [2.45, 2.75) is 13.8 Å². The molecule has 0 atom stereocenters. The Morgan fingerprint density at radius 3 is 1.57 bits per heavy atom. The molecule has 0 fully saturated rings. The lowest BCUT2D eigenvalue weighted by Crippen LogP contribution is -1.98. The Morgan fingerprint density at radius 1 is 0.964 bits per heavy atom. The van der Waals surface area contributed by atoms with E-state index in [2.05, 4.69) is 43.2 Å². The van der Waals surface area contributed by atoms with Gasteiger partial charge in [0, 0.05) is 11.6 Å². The number of esters is 1. The fourth-order valence-corrected chi connectivity index (χ4v) is 1.49. The molecule has 0 saturated heterocycles. The number of hydrogen-bond donors (Lipinski definition) is 0. The number of ether oxygens (including phenoxy) is 1. The summed E-state index contributed by atoms with van der Waals surface area (Å²) in [4.78, 5) is 10.2. The topological polar surface area (TPSA) is 50.1 Å². The zero-order valence-corrected chi connectivity index (χ0v) is 17.0. The summed E-state index contributed by atoms with van der Waals surface area (Å²) in [6.07, 6.45) is 3.01. The Bertz CT molecular complexity index is 769. The summed E-state index contributed by atoms with van der Waals surface area (Å²) < 4.78 is 4.27. The highest BCUT2D eigenvalue weighted by Crippen LogP contribution is 2.08. The Balaban J connectivity index is 0. The number of nitriles is 1. The second-order valence-electron chi connectivity index (χ2n) is 5.37. The normalized spacial score (nSPS) is 7.79. The van der Waals surface area contributed by atoms with Crippen molar-refractivity contribution in [1.82, 2.24) is 0 Å². The number of rotatable bonds is 3. The monoisotopic (exact) mass is 375 g/mol. The number of carbonyl (C=O) groups excluding carboxylic acids is 1. The molecule has 28 heavy (non-hydrogen) atoms. The molecule has 0 radical (unpaired) electrons. The molecular formula is C25H29NO2. The van der Waals surface area contributed by atoms with Crippen LogP contribution in [0.4, 0.5) is 0 Å². The van der Waals surface area contributed by atoms with Crippen LogP contribution in [-0.4, -0.2) is 13.1 Å². The number of hydrogen-bond acceptors (Lipinski definition) is 3. The van der Waals surface area contributed by atoms with Crippen LogP contribution < -0.4 is 0 Å². The predicted molar refractivity (Wildman–Crippen MR) is 120 cm³/mol. The van der Waals surface area contributed by atoms with Gasteiger partial charge in [-0.15, -0.1) is 0 Å². The first-order valence-electron chi connectivity index (χ1n) is 8.46. The van der Waals surface area contributed by atoms with Gasteiger partial charge in [-0.3, -0.25) is 0 Å². The van der Waals surface area contributed by atoms with Crippen LogP contribution in [0.2, 0.25) is 0 Å². The first kappa shape index (κ1) is 26.6. The van der Waals surface area contributed by atoms with Gasteiger partial charge in [-0.1, -0.05) is 98.6 Å². The van der Waals surface area contributed by atoms with Crippen molar-refractivity contribution in [3.05, 3.63) is 110 Å². The van der Waals surface area contributed by atoms with Crippen LogP contribution in [0.15, 0.2) is 98.6 Å². The van der Waals surface area contributed by atoms with Gasteiger partial charge in [-0.05, 0) is 25.0 Å². The van der Waals surface area contributed by atoms with E-state index in [1.807, 2.05) is 61.5 Å². The smallest absolute Gasteiger partial charge is 0.332 e. The Morgan fingerprint density at radius 2 is 1.39 bits per heavy atom. The molecule has 0 bridgehead atoms. The molecule has 0 amide bonds. The lowest BCUT2D eigenvalue weighted by Gasteiger charge is -1.94. The molecule has 0 spiro atoms. The molecule has 0 N–H and O–H groups in total. The molecule has 2 aromatic carbocycles. The van der Waals surface area contributed by atoms with Gasteiger partial charge in [0.05, 0.1) is 13.2 Å². The van der Waals surface area contributed by atoms with Crippen molar-refractivity contribution >= 4 is 17.6 Å². The lowest BCUT2D eigenvalue weighted by molar-refractivity contribution is -0.136. The first-order chi connectivity index (χ1) is 13.3. The van der Waals surface area contributed by atoms with E-state index in [0.717, 1.165) is 5.57 Å².